The molecule has 20 heavy (non-hydrogen) atoms. The first-order valence-electron chi connectivity index (χ1n) is 7.13. The monoisotopic (exact) mass is 335 g/mol. The number of hydrogen-bond donors (Lipinski definition) is 1. The topological polar surface area (TPSA) is 25.2 Å². The van der Waals surface area contributed by atoms with Crippen molar-refractivity contribution in [3.05, 3.63) is 58.5 Å². The molecular formula is C17H22BrNO. The first-order chi connectivity index (χ1) is 9.65. The van der Waals surface area contributed by atoms with Crippen molar-refractivity contribution in [1.29, 1.82) is 0 Å². The van der Waals surface area contributed by atoms with Gasteiger partial charge in [0.25, 0.3) is 0 Å². The summed E-state index contributed by atoms with van der Waals surface area (Å²) in [5.41, 5.74) is 2.64. The van der Waals surface area contributed by atoms with Crippen molar-refractivity contribution in [2.75, 3.05) is 6.54 Å². The number of rotatable bonds is 7. The quantitative estimate of drug-likeness (QED) is 0.809. The maximum atomic E-state index is 5.19. The van der Waals surface area contributed by atoms with Crippen LogP contribution in [0.4, 0.5) is 0 Å². The summed E-state index contributed by atoms with van der Waals surface area (Å²) in [7, 11) is 0. The molecule has 0 aliphatic rings. The van der Waals surface area contributed by atoms with Gasteiger partial charge in [-0.3, -0.25) is 0 Å². The summed E-state index contributed by atoms with van der Waals surface area (Å²) in [5.74, 6) is 0.564. The van der Waals surface area contributed by atoms with E-state index in [2.05, 4.69) is 65.4 Å². The maximum Gasteiger partial charge on any atom is 0.0934 e. The Balaban J connectivity index is 2.03. The predicted molar refractivity (Wildman–Crippen MR) is 86.9 cm³/mol. The molecule has 1 aromatic heterocycles. The Morgan fingerprint density at radius 2 is 1.95 bits per heavy atom. The van der Waals surface area contributed by atoms with Crippen LogP contribution in [-0.2, 0) is 12.8 Å². The molecule has 0 aliphatic carbocycles. The molecule has 2 rings (SSSR count). The van der Waals surface area contributed by atoms with Crippen LogP contribution in [0.3, 0.4) is 0 Å². The second-order valence-corrected chi connectivity index (χ2v) is 6.41. The fourth-order valence-electron chi connectivity index (χ4n) is 2.34. The number of benzene rings is 1. The van der Waals surface area contributed by atoms with Crippen molar-refractivity contribution < 1.29 is 4.42 Å². The molecule has 2 aromatic rings. The Morgan fingerprint density at radius 3 is 2.60 bits per heavy atom. The fraction of sp³-hybridized carbons (Fsp3) is 0.412. The number of furan rings is 1. The lowest BCUT2D eigenvalue weighted by Gasteiger charge is -2.19. The molecule has 108 valence electrons. The third-order valence-electron chi connectivity index (χ3n) is 3.39. The molecule has 0 spiro atoms. The molecule has 1 atom stereocenters. The van der Waals surface area contributed by atoms with Gasteiger partial charge in [-0.1, -0.05) is 48.0 Å². The minimum Gasteiger partial charge on any atom is -0.472 e. The van der Waals surface area contributed by atoms with Crippen LogP contribution in [0.25, 0.3) is 0 Å². The van der Waals surface area contributed by atoms with Gasteiger partial charge in [-0.05, 0) is 48.6 Å². The molecule has 0 saturated carbocycles. The minimum absolute atomic E-state index is 0.515. The van der Waals surface area contributed by atoms with Gasteiger partial charge in [-0.25, -0.2) is 0 Å². The van der Waals surface area contributed by atoms with E-state index >= 15 is 0 Å². The van der Waals surface area contributed by atoms with Crippen LogP contribution in [0.15, 0.2) is 51.7 Å². The molecule has 1 unspecified atom stereocenters. The van der Waals surface area contributed by atoms with Gasteiger partial charge >= 0.3 is 0 Å². The zero-order valence-electron chi connectivity index (χ0n) is 12.1. The minimum atomic E-state index is 0.515. The summed E-state index contributed by atoms with van der Waals surface area (Å²) < 4.78 is 6.38. The van der Waals surface area contributed by atoms with Crippen LogP contribution in [0.5, 0.6) is 0 Å². The molecule has 3 heteroatoms. The van der Waals surface area contributed by atoms with Gasteiger partial charge in [-0.15, -0.1) is 0 Å². The second kappa shape index (κ2) is 7.65. The Hall–Kier alpha value is -1.06. The molecule has 0 bridgehead atoms. The van der Waals surface area contributed by atoms with Gasteiger partial charge < -0.3 is 9.73 Å². The lowest BCUT2D eigenvalue weighted by Crippen LogP contribution is -2.31. The standard InChI is InChI=1S/C17H22BrNO/c1-13(2)19-11-15(9-14-7-8-20-12-14)10-16-5-3-4-6-17(16)18/h3-8,12-13,15,19H,9-11H2,1-2H3. The van der Waals surface area contributed by atoms with Crippen molar-refractivity contribution >= 4 is 15.9 Å². The largest absolute Gasteiger partial charge is 0.472 e. The summed E-state index contributed by atoms with van der Waals surface area (Å²) in [6.07, 6.45) is 5.70. The van der Waals surface area contributed by atoms with Gasteiger partial charge in [0.1, 0.15) is 0 Å². The van der Waals surface area contributed by atoms with E-state index in [0.717, 1.165) is 19.4 Å². The van der Waals surface area contributed by atoms with Gasteiger partial charge in [0.05, 0.1) is 12.5 Å². The highest BCUT2D eigenvalue weighted by Crippen LogP contribution is 2.21. The lowest BCUT2D eigenvalue weighted by atomic mass is 9.93. The Bertz CT molecular complexity index is 507. The molecule has 0 aliphatic heterocycles. The molecule has 0 amide bonds. The van der Waals surface area contributed by atoms with Crippen molar-refractivity contribution in [1.82, 2.24) is 5.32 Å². The van der Waals surface area contributed by atoms with E-state index in [0.29, 0.717) is 12.0 Å². The molecule has 1 N–H and O–H groups in total. The van der Waals surface area contributed by atoms with Crippen LogP contribution in [-0.4, -0.2) is 12.6 Å². The van der Waals surface area contributed by atoms with Gasteiger partial charge in [0, 0.05) is 10.5 Å². The number of halogens is 1. The summed E-state index contributed by atoms with van der Waals surface area (Å²) in [4.78, 5) is 0. The van der Waals surface area contributed by atoms with Crippen LogP contribution < -0.4 is 5.32 Å². The predicted octanol–water partition coefficient (Wildman–Crippen LogP) is 4.44. The van der Waals surface area contributed by atoms with Crippen LogP contribution in [0.1, 0.15) is 25.0 Å². The first kappa shape index (κ1) is 15.3. The van der Waals surface area contributed by atoms with E-state index in [4.69, 9.17) is 4.42 Å². The Kier molecular flexibility index (Phi) is 5.86. The average Bonchev–Trinajstić information content (AvgIpc) is 2.91. The van der Waals surface area contributed by atoms with Crippen LogP contribution in [0.2, 0.25) is 0 Å². The van der Waals surface area contributed by atoms with Gasteiger partial charge in [-0.2, -0.15) is 0 Å². The third kappa shape index (κ3) is 4.80. The zero-order chi connectivity index (χ0) is 14.4. The SMILES string of the molecule is CC(C)NCC(Cc1ccoc1)Cc1ccccc1Br. The molecule has 1 aromatic carbocycles. The molecule has 0 radical (unpaired) electrons. The van der Waals surface area contributed by atoms with Crippen LogP contribution >= 0.6 is 15.9 Å². The molecule has 2 nitrogen and oxygen atoms in total. The summed E-state index contributed by atoms with van der Waals surface area (Å²) in [6.45, 7) is 5.39. The summed E-state index contributed by atoms with van der Waals surface area (Å²) in [5, 5.41) is 3.55. The normalized spacial score (nSPS) is 12.8. The maximum absolute atomic E-state index is 5.19. The highest BCUT2D eigenvalue weighted by molar-refractivity contribution is 9.10. The number of hydrogen-bond acceptors (Lipinski definition) is 2. The summed E-state index contributed by atoms with van der Waals surface area (Å²) >= 11 is 3.64. The van der Waals surface area contributed by atoms with Gasteiger partial charge in [0.15, 0.2) is 0 Å². The van der Waals surface area contributed by atoms with Crippen molar-refractivity contribution in [2.45, 2.75) is 32.7 Å². The van der Waals surface area contributed by atoms with E-state index in [1.165, 1.54) is 15.6 Å². The van der Waals surface area contributed by atoms with Crippen LogP contribution in [0, 0.1) is 5.92 Å². The fourth-order valence-corrected chi connectivity index (χ4v) is 2.78. The average molecular weight is 336 g/mol. The van der Waals surface area contributed by atoms with E-state index in [-0.39, 0.29) is 0 Å². The molecule has 1 heterocycles. The van der Waals surface area contributed by atoms with E-state index in [9.17, 15) is 0 Å². The van der Waals surface area contributed by atoms with Crippen molar-refractivity contribution in [3.63, 3.8) is 0 Å². The highest BCUT2D eigenvalue weighted by atomic mass is 79.9. The van der Waals surface area contributed by atoms with E-state index in [1.807, 2.05) is 6.26 Å². The zero-order valence-corrected chi connectivity index (χ0v) is 13.7. The molecule has 0 fully saturated rings. The van der Waals surface area contributed by atoms with Gasteiger partial charge in [0.2, 0.25) is 0 Å². The van der Waals surface area contributed by atoms with E-state index < -0.39 is 0 Å². The molecule has 0 saturated heterocycles. The van der Waals surface area contributed by atoms with Crippen molar-refractivity contribution in [3.8, 4) is 0 Å². The highest BCUT2D eigenvalue weighted by Gasteiger charge is 2.13. The second-order valence-electron chi connectivity index (χ2n) is 5.56. The smallest absolute Gasteiger partial charge is 0.0934 e. The van der Waals surface area contributed by atoms with Crippen molar-refractivity contribution in [2.24, 2.45) is 5.92 Å². The Labute approximate surface area is 129 Å². The van der Waals surface area contributed by atoms with E-state index in [1.54, 1.807) is 6.26 Å². The molecular weight excluding hydrogens is 314 g/mol. The Morgan fingerprint density at radius 1 is 1.15 bits per heavy atom. The first-order valence-corrected chi connectivity index (χ1v) is 7.92. The summed E-state index contributed by atoms with van der Waals surface area (Å²) in [6, 6.07) is 11.0. The number of nitrogens with one attached hydrogen (secondary N) is 1. The third-order valence-corrected chi connectivity index (χ3v) is 4.16. The lowest BCUT2D eigenvalue weighted by molar-refractivity contribution is 0.441.